The summed E-state index contributed by atoms with van der Waals surface area (Å²) >= 11 is 6.31. The second-order valence-corrected chi connectivity index (χ2v) is 10.5. The lowest BCUT2D eigenvalue weighted by molar-refractivity contribution is -0.119. The Hall–Kier alpha value is -3.43. The molecule has 0 radical (unpaired) electrons. The fourth-order valence-electron chi connectivity index (χ4n) is 4.99. The maximum atomic E-state index is 13.4. The molecule has 1 aliphatic rings. The third-order valence-electron chi connectivity index (χ3n) is 7.10. The Morgan fingerprint density at radius 2 is 1.56 bits per heavy atom. The molecule has 202 valence electrons. The molecule has 0 saturated heterocycles. The number of ether oxygens (including phenoxy) is 1. The van der Waals surface area contributed by atoms with Crippen molar-refractivity contribution in [3.63, 3.8) is 0 Å². The van der Waals surface area contributed by atoms with Crippen LogP contribution < -0.4 is 4.74 Å². The molecule has 0 atom stereocenters. The van der Waals surface area contributed by atoms with E-state index in [0.717, 1.165) is 34.4 Å². The van der Waals surface area contributed by atoms with Gasteiger partial charge in [-0.25, -0.2) is 0 Å². The molecule has 0 unspecified atom stereocenters. The van der Waals surface area contributed by atoms with Crippen LogP contribution in [-0.4, -0.2) is 18.2 Å². The monoisotopic (exact) mass is 540 g/mol. The molecule has 0 amide bonds. The van der Waals surface area contributed by atoms with Gasteiger partial charge < -0.3 is 4.74 Å². The molecule has 3 aromatic rings. The Balaban J connectivity index is 1.40. The summed E-state index contributed by atoms with van der Waals surface area (Å²) in [7, 11) is 0. The second-order valence-electron chi connectivity index (χ2n) is 10.1. The predicted octanol–water partition coefficient (Wildman–Crippen LogP) is 9.07. The summed E-state index contributed by atoms with van der Waals surface area (Å²) in [6.45, 7) is 2.96. The van der Waals surface area contributed by atoms with Crippen LogP contribution in [0.5, 0.6) is 5.75 Å². The van der Waals surface area contributed by atoms with Crippen molar-refractivity contribution in [2.45, 2.75) is 64.7 Å². The molecule has 4 heteroatoms. The summed E-state index contributed by atoms with van der Waals surface area (Å²) < 4.78 is 5.89. The Labute approximate surface area is 237 Å². The third-order valence-corrected chi connectivity index (χ3v) is 7.34. The quantitative estimate of drug-likeness (QED) is 0.116. The van der Waals surface area contributed by atoms with Crippen LogP contribution >= 0.6 is 11.6 Å². The summed E-state index contributed by atoms with van der Waals surface area (Å²) in [6.07, 6.45) is 13.6. The van der Waals surface area contributed by atoms with Gasteiger partial charge in [-0.3, -0.25) is 9.59 Å². The highest BCUT2D eigenvalue weighted by Gasteiger charge is 2.30. The number of halogens is 1. The van der Waals surface area contributed by atoms with Gasteiger partial charge in [-0.15, -0.1) is 0 Å². The van der Waals surface area contributed by atoms with Crippen LogP contribution in [0.3, 0.4) is 0 Å². The van der Waals surface area contributed by atoms with Gasteiger partial charge in [-0.2, -0.15) is 0 Å². The number of unbranched alkanes of at least 4 members (excludes halogenated alkanes) is 7. The van der Waals surface area contributed by atoms with Gasteiger partial charge in [0.15, 0.2) is 11.6 Å². The first-order chi connectivity index (χ1) is 19.1. The van der Waals surface area contributed by atoms with Crippen molar-refractivity contribution in [2.75, 3.05) is 6.61 Å². The van der Waals surface area contributed by atoms with Crippen LogP contribution in [0.2, 0.25) is 5.02 Å². The van der Waals surface area contributed by atoms with E-state index in [-0.39, 0.29) is 23.6 Å². The van der Waals surface area contributed by atoms with Crippen LogP contribution in [0.4, 0.5) is 0 Å². The first-order valence-corrected chi connectivity index (χ1v) is 14.5. The van der Waals surface area contributed by atoms with Gasteiger partial charge in [0, 0.05) is 17.0 Å². The molecule has 0 fully saturated rings. The van der Waals surface area contributed by atoms with E-state index in [9.17, 15) is 9.59 Å². The number of carbonyl (C=O) groups is 2. The Bertz CT molecular complexity index is 1320. The molecule has 39 heavy (non-hydrogen) atoms. The Morgan fingerprint density at radius 1 is 0.872 bits per heavy atom. The van der Waals surface area contributed by atoms with Crippen LogP contribution in [0.15, 0.2) is 84.4 Å². The maximum Gasteiger partial charge on any atom is 0.190 e. The zero-order valence-corrected chi connectivity index (χ0v) is 23.5. The largest absolute Gasteiger partial charge is 0.494 e. The molecule has 0 spiro atoms. The fourth-order valence-corrected chi connectivity index (χ4v) is 5.16. The van der Waals surface area contributed by atoms with Crippen molar-refractivity contribution >= 4 is 34.8 Å². The zero-order chi connectivity index (χ0) is 27.5. The van der Waals surface area contributed by atoms with Gasteiger partial charge in [0.05, 0.1) is 12.2 Å². The minimum absolute atomic E-state index is 0.178. The van der Waals surface area contributed by atoms with Crippen molar-refractivity contribution in [3.05, 3.63) is 112 Å². The van der Waals surface area contributed by atoms with Crippen LogP contribution in [0, 0.1) is 0 Å². The number of allylic oxidation sites excluding steroid dienone is 2. The number of ketones is 2. The molecule has 0 bridgehead atoms. The first kappa shape index (κ1) is 28.6. The molecule has 0 saturated carbocycles. The number of hydrogen-bond acceptors (Lipinski definition) is 3. The van der Waals surface area contributed by atoms with E-state index in [0.29, 0.717) is 17.2 Å². The van der Waals surface area contributed by atoms with E-state index in [4.69, 9.17) is 16.3 Å². The van der Waals surface area contributed by atoms with Gasteiger partial charge >= 0.3 is 0 Å². The predicted molar refractivity (Wildman–Crippen MR) is 161 cm³/mol. The SMILES string of the molecule is CCCCCCCCCCOc1ccc(C=CC(=O)C2=C(c3ccccc3)c3cc(Cl)ccc3CC2=O)cc1. The van der Waals surface area contributed by atoms with Gasteiger partial charge in [0.2, 0.25) is 0 Å². The summed E-state index contributed by atoms with van der Waals surface area (Å²) in [5, 5.41) is 0.573. The highest BCUT2D eigenvalue weighted by molar-refractivity contribution is 6.33. The first-order valence-electron chi connectivity index (χ1n) is 14.1. The minimum Gasteiger partial charge on any atom is -0.494 e. The van der Waals surface area contributed by atoms with Gasteiger partial charge in [-0.1, -0.05) is 118 Å². The number of rotatable bonds is 14. The van der Waals surface area contributed by atoms with Crippen LogP contribution in [0.25, 0.3) is 11.6 Å². The number of Topliss-reactive ketones (excluding diaryl/α,β-unsaturated/α-hetero) is 1. The topological polar surface area (TPSA) is 43.4 Å². The van der Waals surface area contributed by atoms with E-state index in [1.165, 1.54) is 51.0 Å². The molecule has 4 rings (SSSR count). The van der Waals surface area contributed by atoms with Crippen molar-refractivity contribution in [3.8, 4) is 5.75 Å². The van der Waals surface area contributed by atoms with E-state index < -0.39 is 0 Å². The average molecular weight is 541 g/mol. The van der Waals surface area contributed by atoms with Crippen molar-refractivity contribution in [1.29, 1.82) is 0 Å². The van der Waals surface area contributed by atoms with Crippen molar-refractivity contribution in [2.24, 2.45) is 0 Å². The highest BCUT2D eigenvalue weighted by atomic mass is 35.5. The molecule has 0 aromatic heterocycles. The summed E-state index contributed by atoms with van der Waals surface area (Å²) in [5.74, 6) is 0.342. The summed E-state index contributed by atoms with van der Waals surface area (Å²) in [6, 6.07) is 22.8. The van der Waals surface area contributed by atoms with Crippen LogP contribution in [-0.2, 0) is 16.0 Å². The zero-order valence-electron chi connectivity index (χ0n) is 22.8. The highest BCUT2D eigenvalue weighted by Crippen LogP contribution is 2.36. The summed E-state index contributed by atoms with van der Waals surface area (Å²) in [5.41, 5.74) is 4.26. The smallest absolute Gasteiger partial charge is 0.190 e. The molecule has 0 N–H and O–H groups in total. The minimum atomic E-state index is -0.306. The average Bonchev–Trinajstić information content (AvgIpc) is 2.95. The van der Waals surface area contributed by atoms with Gasteiger partial charge in [0.1, 0.15) is 5.75 Å². The fraction of sp³-hybridized carbons (Fsp3) is 0.314. The normalized spacial score (nSPS) is 13.1. The lowest BCUT2D eigenvalue weighted by Gasteiger charge is -2.22. The number of benzene rings is 3. The number of hydrogen-bond donors (Lipinski definition) is 0. The molecule has 1 aliphatic carbocycles. The van der Waals surface area contributed by atoms with Crippen LogP contribution in [0.1, 0.15) is 80.5 Å². The molecular weight excluding hydrogens is 504 g/mol. The third kappa shape index (κ3) is 8.03. The Morgan fingerprint density at radius 3 is 2.28 bits per heavy atom. The van der Waals surface area contributed by atoms with E-state index in [1.54, 1.807) is 12.1 Å². The number of carbonyl (C=O) groups excluding carboxylic acids is 2. The Kier molecular flexibility index (Phi) is 10.7. The second kappa shape index (κ2) is 14.6. The van der Waals surface area contributed by atoms with Gasteiger partial charge in [0.25, 0.3) is 0 Å². The molecule has 3 nitrogen and oxygen atoms in total. The van der Waals surface area contributed by atoms with Crippen molar-refractivity contribution < 1.29 is 14.3 Å². The van der Waals surface area contributed by atoms with Crippen molar-refractivity contribution in [1.82, 2.24) is 0 Å². The molecular formula is C35H37ClO3. The summed E-state index contributed by atoms with van der Waals surface area (Å²) in [4.78, 5) is 26.6. The molecule has 3 aromatic carbocycles. The van der Waals surface area contributed by atoms with Gasteiger partial charge in [-0.05, 0) is 59.0 Å². The lowest BCUT2D eigenvalue weighted by atomic mass is 9.80. The number of fused-ring (bicyclic) bond motifs is 1. The molecule has 0 heterocycles. The maximum absolute atomic E-state index is 13.4. The standard InChI is InChI=1S/C35H37ClO3/c1-2-3-4-5-6-7-8-12-23-39-30-20-15-26(16-21-30)17-22-32(37)35-33(38)24-28-18-19-29(36)25-31(28)34(35)27-13-10-9-11-14-27/h9-11,13-22,25H,2-8,12,23-24H2,1H3. The molecule has 0 aliphatic heterocycles. The van der Waals surface area contributed by atoms with E-state index >= 15 is 0 Å². The van der Waals surface area contributed by atoms with E-state index in [2.05, 4.69) is 6.92 Å². The van der Waals surface area contributed by atoms with E-state index in [1.807, 2.05) is 66.7 Å². The lowest BCUT2D eigenvalue weighted by Crippen LogP contribution is -2.21.